The van der Waals surface area contributed by atoms with Gasteiger partial charge in [0.1, 0.15) is 12.2 Å². The summed E-state index contributed by atoms with van der Waals surface area (Å²) in [6, 6.07) is 0. The van der Waals surface area contributed by atoms with Gasteiger partial charge in [-0.05, 0) is 6.42 Å². The maximum absolute atomic E-state index is 5.21. The van der Waals surface area contributed by atoms with Gasteiger partial charge in [0.05, 0.1) is 0 Å². The maximum Gasteiger partial charge on any atom is 0.106 e. The van der Waals surface area contributed by atoms with Crippen LogP contribution < -0.4 is 0 Å². The average molecular weight is 138 g/mol. The number of hydrogen-bond acceptors (Lipinski definition) is 1. The third-order valence-electron chi connectivity index (χ3n) is 1.57. The van der Waals surface area contributed by atoms with Crippen molar-refractivity contribution < 1.29 is 4.74 Å². The highest BCUT2D eigenvalue weighted by atomic mass is 16.6. The molecule has 1 saturated heterocycles. The van der Waals surface area contributed by atoms with E-state index in [1.165, 1.54) is 6.42 Å². The summed E-state index contributed by atoms with van der Waals surface area (Å²) in [5.74, 6) is 0. The quantitative estimate of drug-likeness (QED) is 0.429. The summed E-state index contributed by atoms with van der Waals surface area (Å²) in [6.45, 7) is 5.81. The van der Waals surface area contributed by atoms with Crippen molar-refractivity contribution in [1.82, 2.24) is 0 Å². The Labute approximate surface area is 62.4 Å². The van der Waals surface area contributed by atoms with Crippen LogP contribution in [0.4, 0.5) is 0 Å². The Morgan fingerprint density at radius 1 is 1.50 bits per heavy atom. The molecule has 0 N–H and O–H groups in total. The molecule has 0 aliphatic carbocycles. The number of hydrogen-bond donors (Lipinski definition) is 0. The van der Waals surface area contributed by atoms with Crippen molar-refractivity contribution in [2.24, 2.45) is 0 Å². The molecule has 56 valence electrons. The lowest BCUT2D eigenvalue weighted by Gasteiger charge is -1.80. The van der Waals surface area contributed by atoms with Gasteiger partial charge in [-0.1, -0.05) is 31.6 Å². The second-order valence-corrected chi connectivity index (χ2v) is 2.52. The normalized spacial score (nSPS) is 30.9. The minimum atomic E-state index is 0.299. The third-order valence-corrected chi connectivity index (χ3v) is 1.57. The first-order valence-electron chi connectivity index (χ1n) is 3.83. The molecule has 0 amide bonds. The summed E-state index contributed by atoms with van der Waals surface area (Å²) in [5.41, 5.74) is 0. The standard InChI is InChI=1S/C9H14O/c1-3-5-6-7-9-8(4-2)10-9/h4,6-9H,2-3,5H2,1H3/b7-6-/t8-,9-/m0/s1. The van der Waals surface area contributed by atoms with Crippen molar-refractivity contribution in [3.63, 3.8) is 0 Å². The van der Waals surface area contributed by atoms with Gasteiger partial charge >= 0.3 is 0 Å². The number of ether oxygens (including phenoxy) is 1. The molecular weight excluding hydrogens is 124 g/mol. The summed E-state index contributed by atoms with van der Waals surface area (Å²) in [7, 11) is 0. The van der Waals surface area contributed by atoms with Crippen LogP contribution in [0.5, 0.6) is 0 Å². The smallest absolute Gasteiger partial charge is 0.106 e. The highest BCUT2D eigenvalue weighted by molar-refractivity contribution is 5.09. The molecule has 10 heavy (non-hydrogen) atoms. The highest BCUT2D eigenvalue weighted by Gasteiger charge is 2.32. The van der Waals surface area contributed by atoms with Crippen LogP contribution in [0.2, 0.25) is 0 Å². The van der Waals surface area contributed by atoms with Crippen LogP contribution in [-0.2, 0) is 4.74 Å². The Morgan fingerprint density at radius 2 is 2.30 bits per heavy atom. The maximum atomic E-state index is 5.21. The van der Waals surface area contributed by atoms with Gasteiger partial charge < -0.3 is 4.74 Å². The van der Waals surface area contributed by atoms with Crippen molar-refractivity contribution in [3.8, 4) is 0 Å². The predicted octanol–water partition coefficient (Wildman–Crippen LogP) is 2.30. The molecular formula is C9H14O. The van der Waals surface area contributed by atoms with Crippen LogP contribution in [0.25, 0.3) is 0 Å². The van der Waals surface area contributed by atoms with E-state index < -0.39 is 0 Å². The van der Waals surface area contributed by atoms with Gasteiger partial charge in [-0.25, -0.2) is 0 Å². The molecule has 1 heterocycles. The fourth-order valence-electron chi connectivity index (χ4n) is 0.878. The Kier molecular flexibility index (Phi) is 2.69. The van der Waals surface area contributed by atoms with Crippen LogP contribution in [0, 0.1) is 0 Å². The van der Waals surface area contributed by atoms with Crippen LogP contribution in [0.1, 0.15) is 19.8 Å². The SMILES string of the molecule is C=C[C@@H]1O[C@H]1/C=C\CCC. The van der Waals surface area contributed by atoms with E-state index in [2.05, 4.69) is 25.7 Å². The molecule has 0 bridgehead atoms. The van der Waals surface area contributed by atoms with E-state index in [4.69, 9.17) is 4.74 Å². The number of epoxide rings is 1. The minimum Gasteiger partial charge on any atom is -0.361 e. The van der Waals surface area contributed by atoms with E-state index in [1.54, 1.807) is 0 Å². The predicted molar refractivity (Wildman–Crippen MR) is 42.9 cm³/mol. The first-order valence-corrected chi connectivity index (χ1v) is 3.83. The molecule has 0 saturated carbocycles. The van der Waals surface area contributed by atoms with E-state index in [0.29, 0.717) is 12.2 Å². The second-order valence-electron chi connectivity index (χ2n) is 2.52. The van der Waals surface area contributed by atoms with Gasteiger partial charge in [0, 0.05) is 0 Å². The average Bonchev–Trinajstić information content (AvgIpc) is 2.68. The monoisotopic (exact) mass is 138 g/mol. The molecule has 1 rings (SSSR count). The molecule has 1 fully saturated rings. The molecule has 2 atom stereocenters. The summed E-state index contributed by atoms with van der Waals surface area (Å²) in [6.07, 6.45) is 9.15. The van der Waals surface area contributed by atoms with Crippen molar-refractivity contribution in [2.45, 2.75) is 32.0 Å². The molecule has 1 aliphatic rings. The Morgan fingerprint density at radius 3 is 2.80 bits per heavy atom. The van der Waals surface area contributed by atoms with Crippen LogP contribution in [0.15, 0.2) is 24.8 Å². The molecule has 0 aromatic heterocycles. The molecule has 0 aromatic rings. The van der Waals surface area contributed by atoms with Crippen LogP contribution in [-0.4, -0.2) is 12.2 Å². The molecule has 0 radical (unpaired) electrons. The van der Waals surface area contributed by atoms with Crippen molar-refractivity contribution in [1.29, 1.82) is 0 Å². The summed E-state index contributed by atoms with van der Waals surface area (Å²) < 4.78 is 5.21. The van der Waals surface area contributed by atoms with E-state index in [1.807, 2.05) is 6.08 Å². The number of rotatable bonds is 4. The Hall–Kier alpha value is -0.560. The largest absolute Gasteiger partial charge is 0.361 e. The minimum absolute atomic E-state index is 0.299. The van der Waals surface area contributed by atoms with Gasteiger partial charge in [-0.3, -0.25) is 0 Å². The van der Waals surface area contributed by atoms with E-state index >= 15 is 0 Å². The summed E-state index contributed by atoms with van der Waals surface area (Å²) in [5, 5.41) is 0. The van der Waals surface area contributed by atoms with Gasteiger partial charge in [0.2, 0.25) is 0 Å². The van der Waals surface area contributed by atoms with E-state index in [-0.39, 0.29) is 0 Å². The van der Waals surface area contributed by atoms with Crippen molar-refractivity contribution in [3.05, 3.63) is 24.8 Å². The molecule has 0 unspecified atom stereocenters. The van der Waals surface area contributed by atoms with Crippen molar-refractivity contribution >= 4 is 0 Å². The first kappa shape index (κ1) is 7.55. The van der Waals surface area contributed by atoms with Crippen LogP contribution in [0.3, 0.4) is 0 Å². The lowest BCUT2D eigenvalue weighted by atomic mass is 10.2. The highest BCUT2D eigenvalue weighted by Crippen LogP contribution is 2.23. The topological polar surface area (TPSA) is 12.5 Å². The van der Waals surface area contributed by atoms with E-state index in [9.17, 15) is 0 Å². The lowest BCUT2D eigenvalue weighted by Crippen LogP contribution is -1.82. The third kappa shape index (κ3) is 1.99. The second kappa shape index (κ2) is 3.57. The van der Waals surface area contributed by atoms with Crippen molar-refractivity contribution in [2.75, 3.05) is 0 Å². The zero-order valence-corrected chi connectivity index (χ0v) is 6.42. The van der Waals surface area contributed by atoms with Crippen LogP contribution >= 0.6 is 0 Å². The number of unbranched alkanes of at least 4 members (excludes halogenated alkanes) is 1. The van der Waals surface area contributed by atoms with Gasteiger partial charge in [0.15, 0.2) is 0 Å². The zero-order chi connectivity index (χ0) is 7.40. The lowest BCUT2D eigenvalue weighted by molar-refractivity contribution is 0.413. The zero-order valence-electron chi connectivity index (χ0n) is 6.42. The molecule has 1 heteroatoms. The first-order chi connectivity index (χ1) is 4.88. The summed E-state index contributed by atoms with van der Waals surface area (Å²) in [4.78, 5) is 0. The van der Waals surface area contributed by atoms with Gasteiger partial charge in [-0.2, -0.15) is 0 Å². The number of allylic oxidation sites excluding steroid dienone is 1. The molecule has 1 aliphatic heterocycles. The fraction of sp³-hybridized carbons (Fsp3) is 0.556. The van der Waals surface area contributed by atoms with E-state index in [0.717, 1.165) is 6.42 Å². The molecule has 1 nitrogen and oxygen atoms in total. The Balaban J connectivity index is 2.10. The molecule has 0 spiro atoms. The molecule has 0 aromatic carbocycles. The summed E-state index contributed by atoms with van der Waals surface area (Å²) >= 11 is 0. The Bertz CT molecular complexity index is 138. The fourth-order valence-corrected chi connectivity index (χ4v) is 0.878. The van der Waals surface area contributed by atoms with Gasteiger partial charge in [0.25, 0.3) is 0 Å². The van der Waals surface area contributed by atoms with Gasteiger partial charge in [-0.15, -0.1) is 6.58 Å².